The highest BCUT2D eigenvalue weighted by atomic mass is 16.4. The quantitative estimate of drug-likeness (QED) is 0.665. The number of carboxylic acids is 1. The van der Waals surface area contributed by atoms with E-state index < -0.39 is 12.0 Å². The molecule has 20 heavy (non-hydrogen) atoms. The second kappa shape index (κ2) is 8.09. The average molecular weight is 288 g/mol. The highest BCUT2D eigenvalue weighted by Crippen LogP contribution is 2.22. The molecule has 0 rings (SSSR count). The van der Waals surface area contributed by atoms with Crippen molar-refractivity contribution in [3.8, 4) is 0 Å². The Morgan fingerprint density at radius 2 is 1.80 bits per heavy atom. The summed E-state index contributed by atoms with van der Waals surface area (Å²) in [5.74, 6) is -0.934. The van der Waals surface area contributed by atoms with Crippen LogP contribution in [0.1, 0.15) is 47.5 Å². The first kappa shape index (κ1) is 18.7. The standard InChI is InChI=1S/C14H28N2O4/c1-10(2)16(7-6-8-17)13(20)15-11(9-12(18)19)14(3,4)5/h10-11,17H,6-9H2,1-5H3,(H,15,20)(H,18,19). The lowest BCUT2D eigenvalue weighted by Gasteiger charge is -2.34. The van der Waals surface area contributed by atoms with Gasteiger partial charge in [0.25, 0.3) is 0 Å². The van der Waals surface area contributed by atoms with Gasteiger partial charge in [-0.3, -0.25) is 4.79 Å². The van der Waals surface area contributed by atoms with E-state index in [0.29, 0.717) is 13.0 Å². The summed E-state index contributed by atoms with van der Waals surface area (Å²) in [6, 6.07) is -0.732. The Hall–Kier alpha value is -1.30. The van der Waals surface area contributed by atoms with Crippen LogP contribution in [0.25, 0.3) is 0 Å². The van der Waals surface area contributed by atoms with Gasteiger partial charge >= 0.3 is 12.0 Å². The van der Waals surface area contributed by atoms with Crippen LogP contribution >= 0.6 is 0 Å². The third-order valence-electron chi connectivity index (χ3n) is 3.16. The van der Waals surface area contributed by atoms with Crippen molar-refractivity contribution in [2.24, 2.45) is 5.41 Å². The zero-order chi connectivity index (χ0) is 15.9. The van der Waals surface area contributed by atoms with Gasteiger partial charge in [-0.15, -0.1) is 0 Å². The molecule has 6 heteroatoms. The van der Waals surface area contributed by atoms with Crippen LogP contribution in [0, 0.1) is 5.41 Å². The zero-order valence-electron chi connectivity index (χ0n) is 13.1. The molecule has 1 atom stereocenters. The number of rotatable bonds is 7. The van der Waals surface area contributed by atoms with Gasteiger partial charge in [-0.25, -0.2) is 4.79 Å². The van der Waals surface area contributed by atoms with E-state index in [1.807, 2.05) is 34.6 Å². The van der Waals surface area contributed by atoms with Crippen molar-refractivity contribution in [1.82, 2.24) is 10.2 Å². The molecule has 0 saturated carbocycles. The smallest absolute Gasteiger partial charge is 0.317 e. The topological polar surface area (TPSA) is 89.9 Å². The largest absolute Gasteiger partial charge is 0.481 e. The average Bonchev–Trinajstić information content (AvgIpc) is 2.26. The van der Waals surface area contributed by atoms with Gasteiger partial charge in [-0.1, -0.05) is 20.8 Å². The number of nitrogens with zero attached hydrogens (tertiary/aromatic N) is 1. The summed E-state index contributed by atoms with van der Waals surface area (Å²) in [6.07, 6.45) is 0.395. The maximum Gasteiger partial charge on any atom is 0.317 e. The van der Waals surface area contributed by atoms with Crippen LogP contribution in [0.15, 0.2) is 0 Å². The molecule has 1 unspecified atom stereocenters. The van der Waals surface area contributed by atoms with E-state index in [1.165, 1.54) is 0 Å². The second-order valence-corrected chi connectivity index (χ2v) is 6.33. The van der Waals surface area contributed by atoms with Crippen LogP contribution in [0.3, 0.4) is 0 Å². The Bertz CT molecular complexity index is 324. The van der Waals surface area contributed by atoms with Crippen molar-refractivity contribution >= 4 is 12.0 Å². The van der Waals surface area contributed by atoms with E-state index in [2.05, 4.69) is 5.32 Å². The number of carbonyl (C=O) groups excluding carboxylic acids is 1. The van der Waals surface area contributed by atoms with Crippen molar-refractivity contribution in [3.63, 3.8) is 0 Å². The number of carboxylic acid groups (broad SMARTS) is 1. The monoisotopic (exact) mass is 288 g/mol. The van der Waals surface area contributed by atoms with E-state index in [4.69, 9.17) is 10.2 Å². The van der Waals surface area contributed by atoms with Gasteiger partial charge in [-0.05, 0) is 25.7 Å². The molecule has 0 aliphatic carbocycles. The van der Waals surface area contributed by atoms with Gasteiger partial charge < -0.3 is 20.4 Å². The maximum atomic E-state index is 12.3. The molecule has 118 valence electrons. The Morgan fingerprint density at radius 1 is 1.25 bits per heavy atom. The van der Waals surface area contributed by atoms with Crippen LogP contribution in [0.4, 0.5) is 4.79 Å². The molecule has 0 bridgehead atoms. The number of nitrogens with one attached hydrogen (secondary N) is 1. The lowest BCUT2D eigenvalue weighted by atomic mass is 9.85. The summed E-state index contributed by atoms with van der Waals surface area (Å²) in [5.41, 5.74) is -0.340. The number of aliphatic hydroxyl groups is 1. The molecule has 6 nitrogen and oxygen atoms in total. The Balaban J connectivity index is 4.82. The van der Waals surface area contributed by atoms with Crippen LogP contribution in [0.5, 0.6) is 0 Å². The number of hydrogen-bond donors (Lipinski definition) is 3. The lowest BCUT2D eigenvalue weighted by Crippen LogP contribution is -2.52. The predicted molar refractivity (Wildman–Crippen MR) is 77.6 cm³/mol. The van der Waals surface area contributed by atoms with Crippen molar-refractivity contribution in [2.45, 2.75) is 59.5 Å². The second-order valence-electron chi connectivity index (χ2n) is 6.33. The molecular weight excluding hydrogens is 260 g/mol. The van der Waals surface area contributed by atoms with Crippen LogP contribution < -0.4 is 5.32 Å². The number of carbonyl (C=O) groups is 2. The molecule has 0 fully saturated rings. The Labute approximate surface area is 121 Å². The van der Waals surface area contributed by atoms with Crippen molar-refractivity contribution < 1.29 is 19.8 Å². The fraction of sp³-hybridized carbons (Fsp3) is 0.857. The summed E-state index contributed by atoms with van der Waals surface area (Å²) in [7, 11) is 0. The van der Waals surface area contributed by atoms with Gasteiger partial charge in [-0.2, -0.15) is 0 Å². The molecule has 2 amide bonds. The van der Waals surface area contributed by atoms with Gasteiger partial charge in [0.15, 0.2) is 0 Å². The first-order chi connectivity index (χ1) is 9.09. The summed E-state index contributed by atoms with van der Waals surface area (Å²) >= 11 is 0. The first-order valence-electron chi connectivity index (χ1n) is 6.99. The fourth-order valence-electron chi connectivity index (χ4n) is 1.82. The summed E-state index contributed by atoms with van der Waals surface area (Å²) in [5, 5.41) is 20.6. The summed E-state index contributed by atoms with van der Waals surface area (Å²) < 4.78 is 0. The molecule has 3 N–H and O–H groups in total. The Kier molecular flexibility index (Phi) is 7.57. The fourth-order valence-corrected chi connectivity index (χ4v) is 1.82. The highest BCUT2D eigenvalue weighted by Gasteiger charge is 2.30. The first-order valence-corrected chi connectivity index (χ1v) is 6.99. The van der Waals surface area contributed by atoms with Crippen LogP contribution in [0.2, 0.25) is 0 Å². The predicted octanol–water partition coefficient (Wildman–Crippen LogP) is 1.68. The third-order valence-corrected chi connectivity index (χ3v) is 3.16. The molecule has 0 heterocycles. The van der Waals surface area contributed by atoms with Crippen molar-refractivity contribution in [2.75, 3.05) is 13.2 Å². The zero-order valence-corrected chi connectivity index (χ0v) is 13.1. The minimum atomic E-state index is -0.934. The third kappa shape index (κ3) is 6.75. The highest BCUT2D eigenvalue weighted by molar-refractivity contribution is 5.76. The van der Waals surface area contributed by atoms with Crippen molar-refractivity contribution in [3.05, 3.63) is 0 Å². The minimum Gasteiger partial charge on any atom is -0.481 e. The molecule has 0 aliphatic rings. The van der Waals surface area contributed by atoms with Crippen LogP contribution in [-0.2, 0) is 4.79 Å². The van der Waals surface area contributed by atoms with Gasteiger partial charge in [0.2, 0.25) is 0 Å². The van der Waals surface area contributed by atoms with E-state index in [9.17, 15) is 9.59 Å². The van der Waals surface area contributed by atoms with E-state index in [-0.39, 0.29) is 30.5 Å². The van der Waals surface area contributed by atoms with Gasteiger partial charge in [0, 0.05) is 25.2 Å². The molecule has 0 aromatic heterocycles. The molecule has 0 aromatic carbocycles. The number of hydrogen-bond acceptors (Lipinski definition) is 3. The SMILES string of the molecule is CC(C)N(CCCO)C(=O)NC(CC(=O)O)C(C)(C)C. The number of aliphatic carboxylic acids is 1. The van der Waals surface area contributed by atoms with E-state index in [1.54, 1.807) is 4.90 Å². The number of amides is 2. The molecule has 0 aliphatic heterocycles. The van der Waals surface area contributed by atoms with Crippen molar-refractivity contribution in [1.29, 1.82) is 0 Å². The normalized spacial score (nSPS) is 13.2. The van der Waals surface area contributed by atoms with Gasteiger partial charge in [0.1, 0.15) is 0 Å². The lowest BCUT2D eigenvalue weighted by molar-refractivity contribution is -0.138. The Morgan fingerprint density at radius 3 is 2.15 bits per heavy atom. The molecule has 0 radical (unpaired) electrons. The summed E-state index contributed by atoms with van der Waals surface area (Å²) in [4.78, 5) is 24.8. The maximum absolute atomic E-state index is 12.3. The molecule has 0 aromatic rings. The summed E-state index contributed by atoms with van der Waals surface area (Å²) in [6.45, 7) is 9.94. The number of aliphatic hydroxyl groups excluding tert-OH is 1. The van der Waals surface area contributed by atoms with E-state index >= 15 is 0 Å². The minimum absolute atomic E-state index is 0.00741. The number of urea groups is 1. The molecule has 0 saturated heterocycles. The molecular formula is C14H28N2O4. The molecule has 0 spiro atoms. The van der Waals surface area contributed by atoms with Gasteiger partial charge in [0.05, 0.1) is 6.42 Å². The van der Waals surface area contributed by atoms with E-state index in [0.717, 1.165) is 0 Å². The van der Waals surface area contributed by atoms with Crippen LogP contribution in [-0.4, -0.2) is 52.3 Å².